The molecule has 1 atom stereocenters. The standard InChI is InChI=1S/C23H27F2NO.C3H8.C2H4O.C2H6.H2/c1-16-7-5-10-21(15-16)17(2)8-6-9-19-11-13-20(14-12-19)18(3)27-23(26-4)22(24)25;1-3-2;1-2-3;1-2;/h5,7-8,10-15,22-23,26H,3,6,9H2,1-2,4H3;3H2,1-2H3;2H,1H3;1-2H3;1H/b17-8+;;;;. The van der Waals surface area contributed by atoms with Gasteiger partial charge in [-0.25, -0.2) is 8.78 Å². The number of aryl methyl sites for hydroxylation is 2. The van der Waals surface area contributed by atoms with Crippen molar-refractivity contribution in [2.45, 2.75) is 80.4 Å². The van der Waals surface area contributed by atoms with Crippen LogP contribution in [-0.2, 0) is 16.0 Å². The normalized spacial score (nSPS) is 11.0. The Kier molecular flexibility index (Phi) is 21.3. The third kappa shape index (κ3) is 15.7. The molecule has 2 rings (SSSR count). The largest absolute Gasteiger partial charge is 0.469 e. The van der Waals surface area contributed by atoms with Crippen LogP contribution < -0.4 is 5.32 Å². The van der Waals surface area contributed by atoms with E-state index in [0.717, 1.165) is 19.1 Å². The average molecular weight is 492 g/mol. The summed E-state index contributed by atoms with van der Waals surface area (Å²) in [7, 11) is 1.43. The van der Waals surface area contributed by atoms with Gasteiger partial charge in [0, 0.05) is 6.99 Å². The molecule has 198 valence electrons. The van der Waals surface area contributed by atoms with Gasteiger partial charge in [-0.2, -0.15) is 0 Å². The molecule has 3 nitrogen and oxygen atoms in total. The van der Waals surface area contributed by atoms with Crippen LogP contribution in [0.1, 0.15) is 78.1 Å². The van der Waals surface area contributed by atoms with E-state index in [1.54, 1.807) is 0 Å². The third-order valence-electron chi connectivity index (χ3n) is 4.42. The van der Waals surface area contributed by atoms with Gasteiger partial charge in [-0.3, -0.25) is 5.32 Å². The number of allylic oxidation sites excluding steroid dienone is 2. The third-order valence-corrected chi connectivity index (χ3v) is 4.42. The van der Waals surface area contributed by atoms with Crippen LogP contribution in [0.25, 0.3) is 11.3 Å². The Balaban J connectivity index is -0.00000108. The molecule has 1 unspecified atom stereocenters. The second kappa shape index (κ2) is 21.7. The Hall–Kier alpha value is -2.79. The number of alkyl halides is 2. The number of halogens is 2. The zero-order valence-corrected chi connectivity index (χ0v) is 22.8. The number of nitrogens with one attached hydrogen (secondary N) is 1. The minimum Gasteiger partial charge on any atom is -0.469 e. The van der Waals surface area contributed by atoms with E-state index in [-0.39, 0.29) is 7.19 Å². The topological polar surface area (TPSA) is 38.3 Å². The van der Waals surface area contributed by atoms with E-state index in [9.17, 15) is 8.78 Å². The van der Waals surface area contributed by atoms with Gasteiger partial charge in [0.05, 0.1) is 0 Å². The molecular formula is C30H47F2NO2. The molecule has 35 heavy (non-hydrogen) atoms. The monoisotopic (exact) mass is 491 g/mol. The number of hydrogen-bond acceptors (Lipinski definition) is 3. The highest BCUT2D eigenvalue weighted by molar-refractivity contribution is 5.64. The number of aldehydes is 1. The molecule has 0 amide bonds. The molecular weight excluding hydrogens is 444 g/mol. The van der Waals surface area contributed by atoms with Crippen LogP contribution in [0, 0.1) is 6.92 Å². The van der Waals surface area contributed by atoms with Crippen molar-refractivity contribution in [2.75, 3.05) is 7.05 Å². The zero-order valence-electron chi connectivity index (χ0n) is 22.8. The molecule has 0 aliphatic heterocycles. The van der Waals surface area contributed by atoms with Gasteiger partial charge in [-0.05, 0) is 57.4 Å². The second-order valence-electron chi connectivity index (χ2n) is 7.52. The van der Waals surface area contributed by atoms with Crippen LogP contribution in [-0.4, -0.2) is 26.0 Å². The van der Waals surface area contributed by atoms with E-state index in [4.69, 9.17) is 9.53 Å². The molecule has 2 aromatic rings. The first-order valence-electron chi connectivity index (χ1n) is 12.3. The number of rotatable bonds is 9. The van der Waals surface area contributed by atoms with Crippen molar-refractivity contribution < 1.29 is 19.7 Å². The quantitative estimate of drug-likeness (QED) is 0.216. The summed E-state index contributed by atoms with van der Waals surface area (Å²) in [6, 6.07) is 16.1. The maximum atomic E-state index is 12.8. The van der Waals surface area contributed by atoms with E-state index < -0.39 is 12.7 Å². The molecule has 1 N–H and O–H groups in total. The zero-order chi connectivity index (χ0) is 27.2. The first-order chi connectivity index (χ1) is 16.7. The van der Waals surface area contributed by atoms with Gasteiger partial charge in [-0.1, -0.05) is 101 Å². The fraction of sp³-hybridized carbons (Fsp3) is 0.433. The van der Waals surface area contributed by atoms with Crippen LogP contribution in [0.5, 0.6) is 0 Å². The highest BCUT2D eigenvalue weighted by Crippen LogP contribution is 2.20. The molecule has 5 heteroatoms. The maximum absolute atomic E-state index is 12.8. The summed E-state index contributed by atoms with van der Waals surface area (Å²) < 4.78 is 30.7. The summed E-state index contributed by atoms with van der Waals surface area (Å²) in [4.78, 5) is 8.81. The van der Waals surface area contributed by atoms with E-state index in [1.165, 1.54) is 42.7 Å². The molecule has 2 aromatic carbocycles. The van der Waals surface area contributed by atoms with Gasteiger partial charge in [0.2, 0.25) is 6.23 Å². The first kappa shape index (κ1) is 34.4. The molecule has 0 aromatic heterocycles. The first-order valence-corrected chi connectivity index (χ1v) is 12.3. The molecule has 0 aliphatic carbocycles. The van der Waals surface area contributed by atoms with Crippen molar-refractivity contribution in [1.29, 1.82) is 0 Å². The lowest BCUT2D eigenvalue weighted by Crippen LogP contribution is -2.34. The number of ether oxygens (including phenoxy) is 1. The summed E-state index contributed by atoms with van der Waals surface area (Å²) >= 11 is 0. The Morgan fingerprint density at radius 2 is 1.66 bits per heavy atom. The van der Waals surface area contributed by atoms with E-state index in [0.29, 0.717) is 5.56 Å². The highest BCUT2D eigenvalue weighted by atomic mass is 19.3. The second-order valence-corrected chi connectivity index (χ2v) is 7.52. The fourth-order valence-corrected chi connectivity index (χ4v) is 2.78. The summed E-state index contributed by atoms with van der Waals surface area (Å²) in [5, 5.41) is 2.43. The lowest BCUT2D eigenvalue weighted by Gasteiger charge is -2.19. The molecule has 0 saturated heterocycles. The molecule has 0 fully saturated rings. The molecule has 0 bridgehead atoms. The van der Waals surface area contributed by atoms with Crippen molar-refractivity contribution >= 4 is 17.6 Å². The Morgan fingerprint density at radius 1 is 1.11 bits per heavy atom. The molecule has 0 spiro atoms. The lowest BCUT2D eigenvalue weighted by atomic mass is 10.0. The van der Waals surface area contributed by atoms with Gasteiger partial charge in [-0.15, -0.1) is 0 Å². The van der Waals surface area contributed by atoms with Gasteiger partial charge in [0.25, 0.3) is 6.43 Å². The van der Waals surface area contributed by atoms with E-state index in [1.807, 2.05) is 38.1 Å². The Labute approximate surface area is 213 Å². The van der Waals surface area contributed by atoms with Crippen LogP contribution in [0.4, 0.5) is 8.78 Å². The summed E-state index contributed by atoms with van der Waals surface area (Å²) in [6.45, 7) is 17.7. The van der Waals surface area contributed by atoms with Gasteiger partial charge in [0.1, 0.15) is 12.0 Å². The lowest BCUT2D eigenvalue weighted by molar-refractivity contribution is -0.106. The van der Waals surface area contributed by atoms with Gasteiger partial charge < -0.3 is 9.53 Å². The summed E-state index contributed by atoms with van der Waals surface area (Å²) in [5.74, 6) is 0.233. The summed E-state index contributed by atoms with van der Waals surface area (Å²) in [5.41, 5.74) is 5.65. The summed E-state index contributed by atoms with van der Waals surface area (Å²) in [6.07, 6.45) is 2.11. The predicted octanol–water partition coefficient (Wildman–Crippen LogP) is 8.72. The van der Waals surface area contributed by atoms with E-state index in [2.05, 4.69) is 69.9 Å². The van der Waals surface area contributed by atoms with Crippen LogP contribution >= 0.6 is 0 Å². The smallest absolute Gasteiger partial charge is 0.288 e. The Bertz CT molecular complexity index is 852. The van der Waals surface area contributed by atoms with E-state index >= 15 is 0 Å². The fourth-order valence-electron chi connectivity index (χ4n) is 2.78. The SMILES string of the molecule is C=C(OC(NC)C(F)F)c1ccc(CC/C=C(\C)c2cccc(C)c2)cc1.CC.CC=O.CCC.[HH]. The number of benzene rings is 2. The number of hydrogen-bond donors (Lipinski definition) is 1. The highest BCUT2D eigenvalue weighted by Gasteiger charge is 2.20. The van der Waals surface area contributed by atoms with Crippen molar-refractivity contribution in [3.05, 3.63) is 83.4 Å². The maximum Gasteiger partial charge on any atom is 0.288 e. The van der Waals surface area contributed by atoms with Crippen molar-refractivity contribution in [1.82, 2.24) is 5.32 Å². The Morgan fingerprint density at radius 3 is 2.11 bits per heavy atom. The van der Waals surface area contributed by atoms with Crippen molar-refractivity contribution in [3.63, 3.8) is 0 Å². The average Bonchev–Trinajstić information content (AvgIpc) is 2.84. The van der Waals surface area contributed by atoms with Crippen LogP contribution in [0.15, 0.2) is 61.2 Å². The van der Waals surface area contributed by atoms with Crippen molar-refractivity contribution in [3.8, 4) is 0 Å². The van der Waals surface area contributed by atoms with Gasteiger partial charge >= 0.3 is 0 Å². The number of carbonyl (C=O) groups excluding carboxylic acids is 1. The molecule has 0 saturated carbocycles. The minimum absolute atomic E-state index is 0. The predicted molar refractivity (Wildman–Crippen MR) is 150 cm³/mol. The van der Waals surface area contributed by atoms with Crippen LogP contribution in [0.2, 0.25) is 0 Å². The molecule has 0 radical (unpaired) electrons. The van der Waals surface area contributed by atoms with Crippen molar-refractivity contribution in [2.24, 2.45) is 0 Å². The number of carbonyl (C=O) groups is 1. The van der Waals surface area contributed by atoms with Crippen LogP contribution in [0.3, 0.4) is 0 Å². The molecule has 0 aliphatic rings. The minimum atomic E-state index is -2.62. The van der Waals surface area contributed by atoms with Gasteiger partial charge in [0.15, 0.2) is 0 Å². The molecule has 0 heterocycles.